The van der Waals surface area contributed by atoms with Crippen molar-refractivity contribution in [2.75, 3.05) is 26.2 Å². The van der Waals surface area contributed by atoms with Gasteiger partial charge in [0.05, 0.1) is 11.0 Å². The average molecular weight is 374 g/mol. The highest BCUT2D eigenvalue weighted by molar-refractivity contribution is 9.10. The standard InChI is InChI=1S/C15H21BrFN3S/c1-2-14(15(18)21)20-5-3-19(4-6-20)10-11-7-12(16)9-13(17)8-11/h7-9,14H,2-6,10H2,1H3,(H2,18,21). The Bertz CT molecular complexity index is 483. The zero-order valence-corrected chi connectivity index (χ0v) is 14.6. The van der Waals surface area contributed by atoms with Gasteiger partial charge in [0.1, 0.15) is 5.82 Å². The molecular weight excluding hydrogens is 353 g/mol. The fourth-order valence-electron chi connectivity index (χ4n) is 2.83. The van der Waals surface area contributed by atoms with Crippen LogP contribution in [0.1, 0.15) is 18.9 Å². The Labute approximate surface area is 139 Å². The van der Waals surface area contributed by atoms with Crippen LogP contribution in [-0.2, 0) is 6.54 Å². The molecular formula is C15H21BrFN3S. The Hall–Kier alpha value is -0.560. The SMILES string of the molecule is CCC(C(N)=S)N1CCN(Cc2cc(F)cc(Br)c2)CC1. The largest absolute Gasteiger partial charge is 0.392 e. The zero-order chi connectivity index (χ0) is 15.4. The summed E-state index contributed by atoms with van der Waals surface area (Å²) in [7, 11) is 0. The summed E-state index contributed by atoms with van der Waals surface area (Å²) in [6, 6.07) is 5.25. The van der Waals surface area contributed by atoms with Gasteiger partial charge in [-0.1, -0.05) is 35.1 Å². The van der Waals surface area contributed by atoms with Crippen LogP contribution in [0.2, 0.25) is 0 Å². The number of nitrogens with two attached hydrogens (primary N) is 1. The molecule has 0 bridgehead atoms. The van der Waals surface area contributed by atoms with Gasteiger partial charge in [-0.3, -0.25) is 9.80 Å². The van der Waals surface area contributed by atoms with Crippen LogP contribution in [0.15, 0.2) is 22.7 Å². The quantitative estimate of drug-likeness (QED) is 0.804. The second kappa shape index (κ2) is 7.63. The molecule has 0 saturated carbocycles. The molecule has 1 fully saturated rings. The molecule has 1 aliphatic heterocycles. The molecule has 1 aliphatic rings. The second-order valence-corrected chi connectivity index (χ2v) is 6.80. The van der Waals surface area contributed by atoms with E-state index in [1.807, 2.05) is 6.07 Å². The minimum Gasteiger partial charge on any atom is -0.392 e. The molecule has 0 spiro atoms. The van der Waals surface area contributed by atoms with Crippen molar-refractivity contribution in [1.82, 2.24) is 9.80 Å². The van der Waals surface area contributed by atoms with E-state index >= 15 is 0 Å². The molecule has 0 amide bonds. The molecule has 21 heavy (non-hydrogen) atoms. The Morgan fingerprint density at radius 1 is 1.33 bits per heavy atom. The maximum atomic E-state index is 13.4. The summed E-state index contributed by atoms with van der Waals surface area (Å²) in [4.78, 5) is 5.27. The summed E-state index contributed by atoms with van der Waals surface area (Å²) in [6.07, 6.45) is 0.951. The second-order valence-electron chi connectivity index (χ2n) is 5.42. The number of rotatable bonds is 5. The lowest BCUT2D eigenvalue weighted by Crippen LogP contribution is -2.53. The van der Waals surface area contributed by atoms with Crippen molar-refractivity contribution in [2.24, 2.45) is 5.73 Å². The van der Waals surface area contributed by atoms with E-state index in [1.165, 1.54) is 6.07 Å². The van der Waals surface area contributed by atoms with Crippen LogP contribution in [0, 0.1) is 5.82 Å². The molecule has 1 aromatic rings. The molecule has 0 aliphatic carbocycles. The van der Waals surface area contributed by atoms with Crippen LogP contribution in [-0.4, -0.2) is 47.0 Å². The highest BCUT2D eigenvalue weighted by Gasteiger charge is 2.24. The van der Waals surface area contributed by atoms with Crippen LogP contribution in [0.3, 0.4) is 0 Å². The normalized spacial score (nSPS) is 18.6. The third-order valence-electron chi connectivity index (χ3n) is 3.89. The highest BCUT2D eigenvalue weighted by Crippen LogP contribution is 2.18. The summed E-state index contributed by atoms with van der Waals surface area (Å²) >= 11 is 8.47. The maximum absolute atomic E-state index is 13.4. The van der Waals surface area contributed by atoms with Gasteiger partial charge in [0.25, 0.3) is 0 Å². The zero-order valence-electron chi connectivity index (χ0n) is 12.2. The molecule has 1 aromatic carbocycles. The van der Waals surface area contributed by atoms with Gasteiger partial charge >= 0.3 is 0 Å². The maximum Gasteiger partial charge on any atom is 0.124 e. The molecule has 1 atom stereocenters. The van der Waals surface area contributed by atoms with E-state index in [9.17, 15) is 4.39 Å². The molecule has 116 valence electrons. The fraction of sp³-hybridized carbons (Fsp3) is 0.533. The Morgan fingerprint density at radius 3 is 2.52 bits per heavy atom. The van der Waals surface area contributed by atoms with Crippen molar-refractivity contribution in [3.05, 3.63) is 34.1 Å². The molecule has 2 N–H and O–H groups in total. The van der Waals surface area contributed by atoms with Gasteiger partial charge in [-0.05, 0) is 30.2 Å². The first-order valence-electron chi connectivity index (χ1n) is 7.20. The third-order valence-corrected chi connectivity index (χ3v) is 4.62. The molecule has 0 aromatic heterocycles. The molecule has 3 nitrogen and oxygen atoms in total. The van der Waals surface area contributed by atoms with Crippen molar-refractivity contribution in [3.63, 3.8) is 0 Å². The van der Waals surface area contributed by atoms with E-state index in [0.717, 1.165) is 49.2 Å². The first kappa shape index (κ1) is 16.8. The van der Waals surface area contributed by atoms with Crippen molar-refractivity contribution in [3.8, 4) is 0 Å². The average Bonchev–Trinajstić information content (AvgIpc) is 2.40. The number of benzene rings is 1. The van der Waals surface area contributed by atoms with Crippen molar-refractivity contribution >= 4 is 33.1 Å². The third kappa shape index (κ3) is 4.71. The minimum absolute atomic E-state index is 0.197. The number of hydrogen-bond acceptors (Lipinski definition) is 3. The Morgan fingerprint density at radius 2 is 2.00 bits per heavy atom. The lowest BCUT2D eigenvalue weighted by atomic mass is 10.1. The lowest BCUT2D eigenvalue weighted by Gasteiger charge is -2.38. The van der Waals surface area contributed by atoms with Gasteiger partial charge in [0, 0.05) is 37.2 Å². The van der Waals surface area contributed by atoms with Crippen molar-refractivity contribution in [2.45, 2.75) is 25.9 Å². The van der Waals surface area contributed by atoms with Crippen molar-refractivity contribution < 1.29 is 4.39 Å². The molecule has 0 radical (unpaired) electrons. The first-order valence-corrected chi connectivity index (χ1v) is 8.40. The van der Waals surface area contributed by atoms with Gasteiger partial charge < -0.3 is 5.73 Å². The number of piperazine rings is 1. The van der Waals surface area contributed by atoms with Gasteiger partial charge in [-0.25, -0.2) is 4.39 Å². The molecule has 1 saturated heterocycles. The Balaban J connectivity index is 1.90. The van der Waals surface area contributed by atoms with Gasteiger partial charge in [-0.15, -0.1) is 0 Å². The minimum atomic E-state index is -0.197. The van der Waals surface area contributed by atoms with Crippen LogP contribution in [0.5, 0.6) is 0 Å². The van der Waals surface area contributed by atoms with E-state index in [4.69, 9.17) is 18.0 Å². The first-order chi connectivity index (χ1) is 9.99. The molecule has 1 unspecified atom stereocenters. The summed E-state index contributed by atoms with van der Waals surface area (Å²) in [5.41, 5.74) is 6.80. The van der Waals surface area contributed by atoms with Crippen LogP contribution in [0.25, 0.3) is 0 Å². The fourth-order valence-corrected chi connectivity index (χ4v) is 3.66. The van der Waals surface area contributed by atoms with Crippen LogP contribution >= 0.6 is 28.1 Å². The van der Waals surface area contributed by atoms with Gasteiger partial charge in [0.2, 0.25) is 0 Å². The molecule has 2 rings (SSSR count). The van der Waals surface area contributed by atoms with E-state index in [-0.39, 0.29) is 11.9 Å². The lowest BCUT2D eigenvalue weighted by molar-refractivity contribution is 0.112. The summed E-state index contributed by atoms with van der Waals surface area (Å²) < 4.78 is 14.2. The molecule has 1 heterocycles. The predicted octanol–water partition coefficient (Wildman–Crippen LogP) is 2.77. The summed E-state index contributed by atoms with van der Waals surface area (Å²) in [5, 5.41) is 0. The van der Waals surface area contributed by atoms with Crippen LogP contribution in [0.4, 0.5) is 4.39 Å². The van der Waals surface area contributed by atoms with Crippen LogP contribution < -0.4 is 5.73 Å². The Kier molecular flexibility index (Phi) is 6.10. The topological polar surface area (TPSA) is 32.5 Å². The van der Waals surface area contributed by atoms with E-state index in [1.54, 1.807) is 6.07 Å². The summed E-state index contributed by atoms with van der Waals surface area (Å²) in [6.45, 7) is 6.69. The van der Waals surface area contributed by atoms with E-state index in [2.05, 4.69) is 32.7 Å². The number of nitrogens with zero attached hydrogens (tertiary/aromatic N) is 2. The van der Waals surface area contributed by atoms with E-state index < -0.39 is 0 Å². The monoisotopic (exact) mass is 373 g/mol. The molecule has 6 heteroatoms. The van der Waals surface area contributed by atoms with Gasteiger partial charge in [0.15, 0.2) is 0 Å². The van der Waals surface area contributed by atoms with E-state index in [0.29, 0.717) is 4.99 Å². The smallest absolute Gasteiger partial charge is 0.124 e. The number of thiocarbonyl (C=S) groups is 1. The predicted molar refractivity (Wildman–Crippen MR) is 91.8 cm³/mol. The summed E-state index contributed by atoms with van der Waals surface area (Å²) in [5.74, 6) is -0.197. The number of halogens is 2. The number of hydrogen-bond donors (Lipinski definition) is 1. The van der Waals surface area contributed by atoms with Crippen molar-refractivity contribution in [1.29, 1.82) is 0 Å². The highest BCUT2D eigenvalue weighted by atomic mass is 79.9. The van der Waals surface area contributed by atoms with Gasteiger partial charge in [-0.2, -0.15) is 0 Å².